The van der Waals surface area contributed by atoms with Crippen molar-refractivity contribution in [1.82, 2.24) is 19.7 Å². The van der Waals surface area contributed by atoms with Gasteiger partial charge in [-0.15, -0.1) is 12.4 Å². The summed E-state index contributed by atoms with van der Waals surface area (Å²) >= 11 is 6.20. The van der Waals surface area contributed by atoms with Crippen LogP contribution in [-0.4, -0.2) is 26.9 Å². The SMILES string of the molecule is COc1ccc(Nc2nc(Nc3ccccc3)c3cnn(C)c3n2)cc1Cl.Cl. The zero-order valence-electron chi connectivity index (χ0n) is 15.2. The first-order chi connectivity index (χ1) is 13.1. The van der Waals surface area contributed by atoms with Crippen LogP contribution in [-0.2, 0) is 7.05 Å². The van der Waals surface area contributed by atoms with E-state index in [1.165, 1.54) is 0 Å². The fraction of sp³-hybridized carbons (Fsp3) is 0.105. The molecule has 2 heterocycles. The van der Waals surface area contributed by atoms with Crippen LogP contribution >= 0.6 is 24.0 Å². The van der Waals surface area contributed by atoms with Crippen molar-refractivity contribution >= 4 is 58.2 Å². The van der Waals surface area contributed by atoms with Gasteiger partial charge in [0.1, 0.15) is 11.6 Å². The van der Waals surface area contributed by atoms with E-state index < -0.39 is 0 Å². The number of hydrogen-bond acceptors (Lipinski definition) is 6. The van der Waals surface area contributed by atoms with E-state index in [9.17, 15) is 0 Å². The molecule has 9 heteroatoms. The molecular weight excluding hydrogens is 399 g/mol. The average molecular weight is 417 g/mol. The van der Waals surface area contributed by atoms with Crippen LogP contribution in [0.2, 0.25) is 5.02 Å². The van der Waals surface area contributed by atoms with Crippen molar-refractivity contribution in [3.05, 3.63) is 59.8 Å². The number of ether oxygens (including phenoxy) is 1. The molecule has 0 saturated heterocycles. The lowest BCUT2D eigenvalue weighted by Crippen LogP contribution is -2.03. The second kappa shape index (κ2) is 8.33. The molecule has 0 aliphatic rings. The van der Waals surface area contributed by atoms with E-state index in [2.05, 4.69) is 25.7 Å². The molecule has 0 radical (unpaired) electrons. The van der Waals surface area contributed by atoms with Gasteiger partial charge in [0.15, 0.2) is 5.65 Å². The van der Waals surface area contributed by atoms with Crippen LogP contribution in [0, 0.1) is 0 Å². The molecule has 28 heavy (non-hydrogen) atoms. The number of nitrogens with one attached hydrogen (secondary N) is 2. The molecule has 0 spiro atoms. The van der Waals surface area contributed by atoms with Gasteiger partial charge >= 0.3 is 0 Å². The molecule has 0 bridgehead atoms. The zero-order chi connectivity index (χ0) is 18.8. The Morgan fingerprint density at radius 1 is 1.00 bits per heavy atom. The standard InChI is InChI=1S/C19H17ClN6O.ClH/c1-26-18-14(11-21-26)17(22-12-6-4-3-5-7-12)24-19(25-18)23-13-8-9-16(27-2)15(20)10-13;/h3-11H,1-2H3,(H2,22,23,24,25);1H. The van der Waals surface area contributed by atoms with Crippen molar-refractivity contribution in [3.63, 3.8) is 0 Å². The summed E-state index contributed by atoms with van der Waals surface area (Å²) in [4.78, 5) is 9.18. The van der Waals surface area contributed by atoms with Gasteiger partial charge in [-0.1, -0.05) is 29.8 Å². The van der Waals surface area contributed by atoms with Crippen LogP contribution in [0.25, 0.3) is 11.0 Å². The van der Waals surface area contributed by atoms with E-state index >= 15 is 0 Å². The van der Waals surface area contributed by atoms with Crippen LogP contribution in [0.4, 0.5) is 23.1 Å². The van der Waals surface area contributed by atoms with Crippen molar-refractivity contribution in [2.24, 2.45) is 7.05 Å². The second-order valence-electron chi connectivity index (χ2n) is 5.87. The Morgan fingerprint density at radius 3 is 2.50 bits per heavy atom. The van der Waals surface area contributed by atoms with Crippen molar-refractivity contribution in [2.45, 2.75) is 0 Å². The number of aromatic nitrogens is 4. The summed E-state index contributed by atoms with van der Waals surface area (Å²) in [7, 11) is 3.42. The molecule has 4 aromatic rings. The number of para-hydroxylation sites is 1. The van der Waals surface area contributed by atoms with Gasteiger partial charge in [0.05, 0.1) is 23.7 Å². The third-order valence-electron chi connectivity index (χ3n) is 4.04. The van der Waals surface area contributed by atoms with Gasteiger partial charge in [-0.05, 0) is 30.3 Å². The highest BCUT2D eigenvalue weighted by Gasteiger charge is 2.12. The molecule has 144 valence electrons. The summed E-state index contributed by atoms with van der Waals surface area (Å²) in [5, 5.41) is 12.1. The van der Waals surface area contributed by atoms with Gasteiger partial charge in [0.25, 0.3) is 0 Å². The summed E-state index contributed by atoms with van der Waals surface area (Å²) < 4.78 is 6.89. The molecule has 2 N–H and O–H groups in total. The molecule has 2 aromatic carbocycles. The Balaban J connectivity index is 0.00000225. The number of methoxy groups -OCH3 is 1. The number of nitrogens with zero attached hydrogens (tertiary/aromatic N) is 4. The van der Waals surface area contributed by atoms with E-state index in [4.69, 9.17) is 16.3 Å². The topological polar surface area (TPSA) is 76.9 Å². The summed E-state index contributed by atoms with van der Waals surface area (Å²) in [5.74, 6) is 1.71. The lowest BCUT2D eigenvalue weighted by atomic mass is 10.3. The maximum atomic E-state index is 6.20. The maximum Gasteiger partial charge on any atom is 0.231 e. The Labute approximate surface area is 173 Å². The number of aryl methyl sites for hydroxylation is 1. The molecule has 0 unspecified atom stereocenters. The first kappa shape index (κ1) is 19.7. The zero-order valence-corrected chi connectivity index (χ0v) is 16.8. The van der Waals surface area contributed by atoms with Crippen molar-refractivity contribution in [1.29, 1.82) is 0 Å². The quantitative estimate of drug-likeness (QED) is 0.479. The summed E-state index contributed by atoms with van der Waals surface area (Å²) in [6.45, 7) is 0. The van der Waals surface area contributed by atoms with Gasteiger partial charge in [-0.2, -0.15) is 15.1 Å². The minimum Gasteiger partial charge on any atom is -0.495 e. The number of hydrogen-bond donors (Lipinski definition) is 2. The van der Waals surface area contributed by atoms with E-state index in [0.29, 0.717) is 28.2 Å². The second-order valence-corrected chi connectivity index (χ2v) is 6.27. The Kier molecular flexibility index (Phi) is 5.87. The van der Waals surface area contributed by atoms with Gasteiger partial charge in [0.2, 0.25) is 5.95 Å². The number of anilines is 4. The summed E-state index contributed by atoms with van der Waals surface area (Å²) in [6, 6.07) is 15.2. The van der Waals surface area contributed by atoms with Crippen LogP contribution in [0.15, 0.2) is 54.7 Å². The third kappa shape index (κ3) is 3.95. The van der Waals surface area contributed by atoms with Gasteiger partial charge in [-0.25, -0.2) is 0 Å². The summed E-state index contributed by atoms with van der Waals surface area (Å²) in [5.41, 5.74) is 2.40. The van der Waals surface area contributed by atoms with E-state index in [1.807, 2.05) is 43.4 Å². The molecule has 0 atom stereocenters. The minimum atomic E-state index is 0. The molecule has 4 rings (SSSR count). The smallest absolute Gasteiger partial charge is 0.231 e. The normalized spacial score (nSPS) is 10.4. The number of rotatable bonds is 5. The predicted molar refractivity (Wildman–Crippen MR) is 115 cm³/mol. The minimum absolute atomic E-state index is 0. The fourth-order valence-electron chi connectivity index (χ4n) is 2.70. The fourth-order valence-corrected chi connectivity index (χ4v) is 2.96. The monoisotopic (exact) mass is 416 g/mol. The van der Waals surface area contributed by atoms with Crippen LogP contribution in [0.3, 0.4) is 0 Å². The van der Waals surface area contributed by atoms with Crippen LogP contribution in [0.5, 0.6) is 5.75 Å². The summed E-state index contributed by atoms with van der Waals surface area (Å²) in [6.07, 6.45) is 1.74. The largest absolute Gasteiger partial charge is 0.495 e. The molecule has 0 amide bonds. The molecule has 0 aliphatic heterocycles. The van der Waals surface area contributed by atoms with Crippen LogP contribution < -0.4 is 15.4 Å². The van der Waals surface area contributed by atoms with Crippen molar-refractivity contribution in [3.8, 4) is 5.75 Å². The lowest BCUT2D eigenvalue weighted by molar-refractivity contribution is 0.415. The molecule has 0 fully saturated rings. The van der Waals surface area contributed by atoms with Gasteiger partial charge in [0, 0.05) is 18.4 Å². The maximum absolute atomic E-state index is 6.20. The lowest BCUT2D eigenvalue weighted by Gasteiger charge is -2.11. The van der Waals surface area contributed by atoms with Crippen LogP contribution in [0.1, 0.15) is 0 Å². The average Bonchev–Trinajstić information content (AvgIpc) is 3.04. The first-order valence-electron chi connectivity index (χ1n) is 8.26. The Bertz CT molecular complexity index is 1100. The van der Waals surface area contributed by atoms with E-state index in [1.54, 1.807) is 30.1 Å². The highest BCUT2D eigenvalue weighted by molar-refractivity contribution is 6.32. The number of benzene rings is 2. The number of fused-ring (bicyclic) bond motifs is 1. The van der Waals surface area contributed by atoms with Crippen molar-refractivity contribution < 1.29 is 4.74 Å². The highest BCUT2D eigenvalue weighted by Crippen LogP contribution is 2.30. The molecule has 7 nitrogen and oxygen atoms in total. The highest BCUT2D eigenvalue weighted by atomic mass is 35.5. The van der Waals surface area contributed by atoms with Crippen molar-refractivity contribution in [2.75, 3.05) is 17.7 Å². The van der Waals surface area contributed by atoms with Gasteiger partial charge in [-0.3, -0.25) is 4.68 Å². The Morgan fingerprint density at radius 2 is 1.79 bits per heavy atom. The molecule has 0 saturated carbocycles. The van der Waals surface area contributed by atoms with E-state index in [-0.39, 0.29) is 12.4 Å². The number of halogens is 2. The molecule has 2 aromatic heterocycles. The molecular formula is C19H18Cl2N6O. The Hall–Kier alpha value is -3.03. The van der Waals surface area contributed by atoms with Gasteiger partial charge < -0.3 is 15.4 Å². The molecule has 0 aliphatic carbocycles. The first-order valence-corrected chi connectivity index (χ1v) is 8.64. The predicted octanol–water partition coefficient (Wildman–Crippen LogP) is 4.93. The van der Waals surface area contributed by atoms with E-state index in [0.717, 1.165) is 16.8 Å². The third-order valence-corrected chi connectivity index (χ3v) is 4.33.